The van der Waals surface area contributed by atoms with Crippen LogP contribution in [-0.2, 0) is 13.2 Å². The Balaban J connectivity index is 2.08. The zero-order valence-corrected chi connectivity index (χ0v) is 11.9. The van der Waals surface area contributed by atoms with Gasteiger partial charge in [0.15, 0.2) is 0 Å². The van der Waals surface area contributed by atoms with E-state index in [9.17, 15) is 0 Å². The fourth-order valence-electron chi connectivity index (χ4n) is 1.77. The third kappa shape index (κ3) is 3.28. The summed E-state index contributed by atoms with van der Waals surface area (Å²) in [7, 11) is 0. The van der Waals surface area contributed by atoms with Gasteiger partial charge in [0.05, 0.1) is 5.69 Å². The van der Waals surface area contributed by atoms with Gasteiger partial charge in [-0.15, -0.1) is 0 Å². The summed E-state index contributed by atoms with van der Waals surface area (Å²) in [6.07, 6.45) is 1.95. The highest BCUT2D eigenvalue weighted by Crippen LogP contribution is 2.26. The molecule has 0 bridgehead atoms. The molecule has 2 aromatic rings. The van der Waals surface area contributed by atoms with Crippen LogP contribution in [0.2, 0.25) is 5.02 Å². The molecule has 1 heterocycles. The molecule has 5 heteroatoms. The Bertz CT molecular complexity index is 551. The smallest absolute Gasteiger partial charge is 0.132 e. The number of hydrogen-bond donors (Lipinski definition) is 1. The topological polar surface area (TPSA) is 53.1 Å². The normalized spacial score (nSPS) is 11.0. The van der Waals surface area contributed by atoms with Crippen LogP contribution in [0, 0.1) is 0 Å². The first kappa shape index (κ1) is 13.9. The molecule has 1 aromatic carbocycles. The van der Waals surface area contributed by atoms with Crippen molar-refractivity contribution in [1.29, 1.82) is 0 Å². The number of rotatable bonds is 5. The van der Waals surface area contributed by atoms with Gasteiger partial charge < -0.3 is 10.5 Å². The molecule has 102 valence electrons. The summed E-state index contributed by atoms with van der Waals surface area (Å²) in [6.45, 7) is 4.94. The number of nitrogens with zero attached hydrogens (tertiary/aromatic N) is 2. The Labute approximate surface area is 118 Å². The highest BCUT2D eigenvalue weighted by Gasteiger charge is 2.08. The molecule has 0 saturated heterocycles. The maximum Gasteiger partial charge on any atom is 0.132 e. The van der Waals surface area contributed by atoms with Crippen LogP contribution >= 0.6 is 11.6 Å². The van der Waals surface area contributed by atoms with Gasteiger partial charge in [-0.3, -0.25) is 4.68 Å². The molecule has 0 aliphatic rings. The van der Waals surface area contributed by atoms with E-state index in [1.54, 1.807) is 0 Å². The standard InChI is InChI=1S/C14H18ClN3O/c1-10(2)18-7-6-11(17-18)9-19-14-5-3-4-13(15)12(14)8-16/h3-7,10H,8-9,16H2,1-2H3. The second-order valence-corrected chi connectivity index (χ2v) is 5.00. The molecule has 0 atom stereocenters. The van der Waals surface area contributed by atoms with E-state index in [-0.39, 0.29) is 0 Å². The van der Waals surface area contributed by atoms with E-state index < -0.39 is 0 Å². The number of hydrogen-bond acceptors (Lipinski definition) is 3. The van der Waals surface area contributed by atoms with Crippen molar-refractivity contribution in [3.63, 3.8) is 0 Å². The van der Waals surface area contributed by atoms with Crippen molar-refractivity contribution in [3.05, 3.63) is 46.7 Å². The molecular formula is C14H18ClN3O. The van der Waals surface area contributed by atoms with Gasteiger partial charge in [-0.2, -0.15) is 5.10 Å². The summed E-state index contributed by atoms with van der Waals surface area (Å²) in [5.41, 5.74) is 7.39. The number of halogens is 1. The molecule has 2 rings (SSSR count). The molecule has 0 aliphatic carbocycles. The maximum atomic E-state index is 6.08. The zero-order chi connectivity index (χ0) is 13.8. The summed E-state index contributed by atoms with van der Waals surface area (Å²) in [5, 5.41) is 5.06. The average Bonchev–Trinajstić information content (AvgIpc) is 2.85. The molecular weight excluding hydrogens is 262 g/mol. The van der Waals surface area contributed by atoms with Crippen LogP contribution in [0.1, 0.15) is 31.1 Å². The Morgan fingerprint density at radius 1 is 1.37 bits per heavy atom. The van der Waals surface area contributed by atoms with Crippen molar-refractivity contribution in [2.75, 3.05) is 0 Å². The van der Waals surface area contributed by atoms with Gasteiger partial charge in [-0.25, -0.2) is 0 Å². The monoisotopic (exact) mass is 279 g/mol. The van der Waals surface area contributed by atoms with E-state index >= 15 is 0 Å². The van der Waals surface area contributed by atoms with E-state index in [1.807, 2.05) is 35.1 Å². The third-order valence-corrected chi connectivity index (χ3v) is 3.20. The highest BCUT2D eigenvalue weighted by molar-refractivity contribution is 6.31. The minimum absolute atomic E-state index is 0.347. The summed E-state index contributed by atoms with van der Waals surface area (Å²) in [6, 6.07) is 7.83. The number of aromatic nitrogens is 2. The molecule has 0 saturated carbocycles. The molecule has 1 aromatic heterocycles. The van der Waals surface area contributed by atoms with Crippen molar-refractivity contribution in [2.45, 2.75) is 33.0 Å². The summed E-state index contributed by atoms with van der Waals surface area (Å²) in [4.78, 5) is 0. The second kappa shape index (κ2) is 6.08. The van der Waals surface area contributed by atoms with Gasteiger partial charge in [0, 0.05) is 29.4 Å². The lowest BCUT2D eigenvalue weighted by Gasteiger charge is -2.10. The third-order valence-electron chi connectivity index (χ3n) is 2.85. The molecule has 0 spiro atoms. The summed E-state index contributed by atoms with van der Waals surface area (Å²) >= 11 is 6.08. The lowest BCUT2D eigenvalue weighted by molar-refractivity contribution is 0.295. The minimum Gasteiger partial charge on any atom is -0.487 e. The molecule has 0 fully saturated rings. The van der Waals surface area contributed by atoms with Crippen LogP contribution in [0.3, 0.4) is 0 Å². The predicted molar refractivity (Wildman–Crippen MR) is 76.3 cm³/mol. The summed E-state index contributed by atoms with van der Waals surface area (Å²) < 4.78 is 7.65. The van der Waals surface area contributed by atoms with Gasteiger partial charge in [-0.05, 0) is 32.0 Å². The van der Waals surface area contributed by atoms with E-state index in [2.05, 4.69) is 18.9 Å². The molecule has 2 N–H and O–H groups in total. The molecule has 0 amide bonds. The fraction of sp³-hybridized carbons (Fsp3) is 0.357. The quantitative estimate of drug-likeness (QED) is 0.915. The lowest BCUT2D eigenvalue weighted by atomic mass is 10.2. The Hall–Kier alpha value is -1.52. The fourth-order valence-corrected chi connectivity index (χ4v) is 2.01. The molecule has 0 unspecified atom stereocenters. The van der Waals surface area contributed by atoms with E-state index in [0.29, 0.717) is 30.0 Å². The first-order chi connectivity index (χ1) is 9.11. The van der Waals surface area contributed by atoms with Crippen LogP contribution in [0.25, 0.3) is 0 Å². The first-order valence-corrected chi connectivity index (χ1v) is 6.64. The highest BCUT2D eigenvalue weighted by atomic mass is 35.5. The van der Waals surface area contributed by atoms with Crippen molar-refractivity contribution in [3.8, 4) is 5.75 Å². The van der Waals surface area contributed by atoms with Crippen LogP contribution < -0.4 is 10.5 Å². The number of benzene rings is 1. The SMILES string of the molecule is CC(C)n1ccc(COc2cccc(Cl)c2CN)n1. The van der Waals surface area contributed by atoms with Gasteiger partial charge in [-0.1, -0.05) is 17.7 Å². The maximum absolute atomic E-state index is 6.08. The van der Waals surface area contributed by atoms with Crippen LogP contribution in [0.15, 0.2) is 30.5 Å². The van der Waals surface area contributed by atoms with Crippen LogP contribution in [0.4, 0.5) is 0 Å². The van der Waals surface area contributed by atoms with Crippen LogP contribution in [-0.4, -0.2) is 9.78 Å². The zero-order valence-electron chi connectivity index (χ0n) is 11.1. The number of nitrogens with two attached hydrogens (primary N) is 1. The van der Waals surface area contributed by atoms with Crippen molar-refractivity contribution in [2.24, 2.45) is 5.73 Å². The lowest BCUT2D eigenvalue weighted by Crippen LogP contribution is -2.05. The van der Waals surface area contributed by atoms with Crippen molar-refractivity contribution < 1.29 is 4.74 Å². The van der Waals surface area contributed by atoms with Gasteiger partial charge in [0.25, 0.3) is 0 Å². The Morgan fingerprint density at radius 3 is 2.79 bits per heavy atom. The Kier molecular flexibility index (Phi) is 4.45. The van der Waals surface area contributed by atoms with Crippen LogP contribution in [0.5, 0.6) is 5.75 Å². The Morgan fingerprint density at radius 2 is 2.16 bits per heavy atom. The molecule has 4 nitrogen and oxygen atoms in total. The van der Waals surface area contributed by atoms with Gasteiger partial charge in [0.1, 0.15) is 12.4 Å². The van der Waals surface area contributed by atoms with E-state index in [4.69, 9.17) is 22.1 Å². The van der Waals surface area contributed by atoms with E-state index in [0.717, 1.165) is 11.3 Å². The van der Waals surface area contributed by atoms with Crippen molar-refractivity contribution in [1.82, 2.24) is 9.78 Å². The first-order valence-electron chi connectivity index (χ1n) is 6.26. The second-order valence-electron chi connectivity index (χ2n) is 4.59. The van der Waals surface area contributed by atoms with Crippen molar-refractivity contribution >= 4 is 11.6 Å². The molecule has 0 aliphatic heterocycles. The number of ether oxygens (including phenoxy) is 1. The van der Waals surface area contributed by atoms with E-state index in [1.165, 1.54) is 0 Å². The van der Waals surface area contributed by atoms with Gasteiger partial charge in [0.2, 0.25) is 0 Å². The van der Waals surface area contributed by atoms with Gasteiger partial charge >= 0.3 is 0 Å². The molecule has 0 radical (unpaired) electrons. The predicted octanol–water partition coefficient (Wildman–Crippen LogP) is 3.16. The average molecular weight is 280 g/mol. The summed E-state index contributed by atoms with van der Waals surface area (Å²) in [5.74, 6) is 0.717. The molecule has 19 heavy (non-hydrogen) atoms. The minimum atomic E-state index is 0.347. The largest absolute Gasteiger partial charge is 0.487 e.